The van der Waals surface area contributed by atoms with Gasteiger partial charge in [-0.05, 0) is 72.2 Å². The number of nitrogens with two attached hydrogens (primary N) is 1. The van der Waals surface area contributed by atoms with Crippen LogP contribution in [0.15, 0.2) is 89.3 Å². The average molecular weight is 446 g/mol. The van der Waals surface area contributed by atoms with E-state index in [0.717, 1.165) is 61.7 Å². The predicted octanol–water partition coefficient (Wildman–Crippen LogP) is 7.56. The van der Waals surface area contributed by atoms with Crippen LogP contribution >= 0.6 is 0 Å². The number of aryl methyl sites for hydroxylation is 1. The molecule has 6 rings (SSSR count). The Balaban J connectivity index is 1.51. The van der Waals surface area contributed by atoms with Crippen molar-refractivity contribution >= 4 is 28.8 Å². The molecule has 166 valence electrons. The van der Waals surface area contributed by atoms with Crippen molar-refractivity contribution in [2.45, 2.75) is 6.92 Å². The first kappa shape index (κ1) is 20.2. The molecule has 0 fully saturated rings. The van der Waals surface area contributed by atoms with E-state index in [1.165, 1.54) is 5.56 Å². The van der Waals surface area contributed by atoms with Gasteiger partial charge in [-0.3, -0.25) is 0 Å². The molecular formula is C30H23NO3. The normalized spacial score (nSPS) is 12.6. The predicted molar refractivity (Wildman–Crippen MR) is 138 cm³/mol. The van der Waals surface area contributed by atoms with E-state index >= 15 is 0 Å². The van der Waals surface area contributed by atoms with E-state index in [1.54, 1.807) is 0 Å². The van der Waals surface area contributed by atoms with Gasteiger partial charge in [0.1, 0.15) is 11.3 Å². The van der Waals surface area contributed by atoms with Crippen molar-refractivity contribution in [1.29, 1.82) is 0 Å². The lowest BCUT2D eigenvalue weighted by molar-refractivity contribution is 0.174. The first-order valence-corrected chi connectivity index (χ1v) is 11.2. The fourth-order valence-corrected chi connectivity index (χ4v) is 4.33. The third-order valence-electron chi connectivity index (χ3n) is 6.09. The van der Waals surface area contributed by atoms with Gasteiger partial charge in [0.2, 0.25) is 6.79 Å². The molecule has 34 heavy (non-hydrogen) atoms. The molecule has 4 nitrogen and oxygen atoms in total. The lowest BCUT2D eigenvalue weighted by Crippen LogP contribution is -1.92. The summed E-state index contributed by atoms with van der Waals surface area (Å²) in [6, 6.07) is 28.6. The Kier molecular flexibility index (Phi) is 4.84. The van der Waals surface area contributed by atoms with Crippen molar-refractivity contribution in [3.05, 3.63) is 102 Å². The highest BCUT2D eigenvalue weighted by molar-refractivity contribution is 5.98. The quantitative estimate of drug-likeness (QED) is 0.290. The molecule has 0 amide bonds. The topological polar surface area (TPSA) is 57.6 Å². The van der Waals surface area contributed by atoms with Gasteiger partial charge >= 0.3 is 0 Å². The minimum atomic E-state index is 0.263. The summed E-state index contributed by atoms with van der Waals surface area (Å²) in [6.07, 6.45) is 4.22. The van der Waals surface area contributed by atoms with Gasteiger partial charge in [-0.15, -0.1) is 0 Å². The fraction of sp³-hybridized carbons (Fsp3) is 0.0667. The van der Waals surface area contributed by atoms with Gasteiger partial charge in [0.25, 0.3) is 0 Å². The Hall–Kier alpha value is -4.44. The number of ether oxygens (including phenoxy) is 2. The van der Waals surface area contributed by atoms with E-state index in [0.29, 0.717) is 0 Å². The molecule has 0 unspecified atom stereocenters. The number of fused-ring (bicyclic) bond motifs is 2. The van der Waals surface area contributed by atoms with Crippen LogP contribution in [0.5, 0.6) is 11.5 Å². The van der Waals surface area contributed by atoms with Crippen LogP contribution in [-0.2, 0) is 0 Å². The molecule has 5 aromatic rings. The summed E-state index contributed by atoms with van der Waals surface area (Å²) in [5, 5.41) is 1.05. The summed E-state index contributed by atoms with van der Waals surface area (Å²) in [5.74, 6) is 2.41. The molecule has 2 N–H and O–H groups in total. The van der Waals surface area contributed by atoms with Crippen LogP contribution in [0.3, 0.4) is 0 Å². The number of anilines is 1. The summed E-state index contributed by atoms with van der Waals surface area (Å²) in [4.78, 5) is 0. The van der Waals surface area contributed by atoms with E-state index < -0.39 is 0 Å². The number of rotatable bonds is 4. The molecule has 0 spiro atoms. The summed E-state index contributed by atoms with van der Waals surface area (Å²) >= 11 is 0. The molecule has 1 aliphatic rings. The summed E-state index contributed by atoms with van der Waals surface area (Å²) in [5.41, 5.74) is 14.0. The number of hydrogen-bond donors (Lipinski definition) is 1. The minimum Gasteiger partial charge on any atom is -0.455 e. The van der Waals surface area contributed by atoms with E-state index in [1.807, 2.05) is 42.5 Å². The van der Waals surface area contributed by atoms with Gasteiger partial charge in [0.05, 0.1) is 0 Å². The maximum Gasteiger partial charge on any atom is 0.231 e. The van der Waals surface area contributed by atoms with Crippen LogP contribution in [0.4, 0.5) is 5.69 Å². The van der Waals surface area contributed by atoms with Gasteiger partial charge in [0.15, 0.2) is 11.5 Å². The highest BCUT2D eigenvalue weighted by atomic mass is 16.7. The summed E-state index contributed by atoms with van der Waals surface area (Å²) < 4.78 is 17.4. The van der Waals surface area contributed by atoms with Crippen LogP contribution in [0.2, 0.25) is 0 Å². The molecule has 0 aliphatic carbocycles. The van der Waals surface area contributed by atoms with Gasteiger partial charge in [-0.1, -0.05) is 54.1 Å². The second-order valence-electron chi connectivity index (χ2n) is 8.49. The van der Waals surface area contributed by atoms with Gasteiger partial charge in [-0.2, -0.15) is 0 Å². The number of furan rings is 1. The van der Waals surface area contributed by atoms with Crippen molar-refractivity contribution in [2.24, 2.45) is 0 Å². The molecule has 4 heteroatoms. The zero-order valence-corrected chi connectivity index (χ0v) is 18.7. The van der Waals surface area contributed by atoms with Crippen molar-refractivity contribution in [2.75, 3.05) is 12.5 Å². The van der Waals surface area contributed by atoms with Crippen LogP contribution in [-0.4, -0.2) is 6.79 Å². The maximum absolute atomic E-state index is 6.40. The van der Waals surface area contributed by atoms with Crippen LogP contribution in [0, 0.1) is 6.92 Å². The van der Waals surface area contributed by atoms with Crippen molar-refractivity contribution in [3.8, 4) is 33.9 Å². The molecule has 0 radical (unpaired) electrons. The fourth-order valence-electron chi connectivity index (χ4n) is 4.33. The Morgan fingerprint density at radius 2 is 1.53 bits per heavy atom. The molecule has 0 saturated heterocycles. The average Bonchev–Trinajstić information content (AvgIpc) is 3.47. The zero-order valence-electron chi connectivity index (χ0n) is 18.7. The second-order valence-corrected chi connectivity index (χ2v) is 8.49. The van der Waals surface area contributed by atoms with Crippen LogP contribution in [0.25, 0.3) is 45.6 Å². The van der Waals surface area contributed by atoms with Gasteiger partial charge < -0.3 is 19.6 Å². The Bertz CT molecular complexity index is 1540. The van der Waals surface area contributed by atoms with E-state index in [-0.39, 0.29) is 6.79 Å². The third-order valence-corrected chi connectivity index (χ3v) is 6.09. The van der Waals surface area contributed by atoms with E-state index in [9.17, 15) is 0 Å². The number of nitrogen functional groups attached to an aromatic ring is 1. The minimum absolute atomic E-state index is 0.263. The van der Waals surface area contributed by atoms with Gasteiger partial charge in [-0.25, -0.2) is 0 Å². The molecule has 1 aliphatic heterocycles. The highest BCUT2D eigenvalue weighted by Gasteiger charge is 2.17. The van der Waals surface area contributed by atoms with Gasteiger partial charge in [0, 0.05) is 22.2 Å². The molecule has 0 bridgehead atoms. The van der Waals surface area contributed by atoms with E-state index in [2.05, 4.69) is 61.5 Å². The first-order valence-electron chi connectivity index (χ1n) is 11.2. The summed E-state index contributed by atoms with van der Waals surface area (Å²) in [6.45, 7) is 2.35. The first-order chi connectivity index (χ1) is 16.6. The number of hydrogen-bond acceptors (Lipinski definition) is 4. The molecule has 1 aromatic heterocycles. The van der Waals surface area contributed by atoms with E-state index in [4.69, 9.17) is 19.6 Å². The monoisotopic (exact) mass is 445 g/mol. The van der Waals surface area contributed by atoms with Crippen molar-refractivity contribution in [1.82, 2.24) is 0 Å². The Labute approximate surface area is 197 Å². The second kappa shape index (κ2) is 8.16. The molecule has 0 atom stereocenters. The standard InChI is InChI=1S/C30H23NO3/c1-19-3-2-4-23(15-19)30-25(12-7-20-5-10-24(31)11-6-20)26-16-21(8-13-27(26)34-30)22-9-14-28-29(17-22)33-18-32-28/h2-17H,18,31H2,1H3/b12-7+. The zero-order chi connectivity index (χ0) is 23.1. The molecule has 4 aromatic carbocycles. The number of benzene rings is 4. The Morgan fingerprint density at radius 1 is 0.735 bits per heavy atom. The smallest absolute Gasteiger partial charge is 0.231 e. The third kappa shape index (κ3) is 3.69. The summed E-state index contributed by atoms with van der Waals surface area (Å²) in [7, 11) is 0. The SMILES string of the molecule is Cc1cccc(-c2oc3ccc(-c4ccc5c(c4)OCO5)cc3c2/C=C/c2ccc(N)cc2)c1. The molecule has 2 heterocycles. The van der Waals surface area contributed by atoms with Crippen molar-refractivity contribution < 1.29 is 13.9 Å². The lowest BCUT2D eigenvalue weighted by Gasteiger charge is -2.04. The van der Waals surface area contributed by atoms with Crippen LogP contribution < -0.4 is 15.2 Å². The van der Waals surface area contributed by atoms with Crippen LogP contribution in [0.1, 0.15) is 16.7 Å². The largest absolute Gasteiger partial charge is 0.455 e. The molecular weight excluding hydrogens is 422 g/mol. The lowest BCUT2D eigenvalue weighted by atomic mass is 9.99. The molecule has 0 saturated carbocycles. The highest BCUT2D eigenvalue weighted by Crippen LogP contribution is 2.40. The maximum atomic E-state index is 6.40. The van der Waals surface area contributed by atoms with Crippen molar-refractivity contribution in [3.63, 3.8) is 0 Å². The Morgan fingerprint density at radius 3 is 2.38 bits per heavy atom.